The number of rotatable bonds is 2. The van der Waals surface area contributed by atoms with E-state index in [1.165, 1.54) is 6.07 Å². The molecule has 2 unspecified atom stereocenters. The Bertz CT molecular complexity index is 517. The summed E-state index contributed by atoms with van der Waals surface area (Å²) in [7, 11) is 0. The van der Waals surface area contributed by atoms with Crippen molar-refractivity contribution in [3.8, 4) is 0 Å². The molecule has 2 aliphatic rings. The molecule has 20 heavy (non-hydrogen) atoms. The average molecular weight is 341 g/mol. The van der Waals surface area contributed by atoms with E-state index in [0.717, 1.165) is 43.2 Å². The van der Waals surface area contributed by atoms with Crippen LogP contribution in [0.2, 0.25) is 0 Å². The van der Waals surface area contributed by atoms with Crippen molar-refractivity contribution in [2.24, 2.45) is 0 Å². The molecule has 2 saturated heterocycles. The third-order valence-corrected chi connectivity index (χ3v) is 4.78. The van der Waals surface area contributed by atoms with Gasteiger partial charge >= 0.3 is 0 Å². The minimum Gasteiger partial charge on any atom is -0.334 e. The molecule has 0 bridgehead atoms. The van der Waals surface area contributed by atoms with Crippen molar-refractivity contribution in [2.75, 3.05) is 13.1 Å². The molecule has 108 valence electrons. The molecule has 3 rings (SSSR count). The van der Waals surface area contributed by atoms with Crippen molar-refractivity contribution in [1.29, 1.82) is 0 Å². The smallest absolute Gasteiger partial charge is 0.257 e. The lowest BCUT2D eigenvalue weighted by atomic mass is 10.0. The summed E-state index contributed by atoms with van der Waals surface area (Å²) in [6.45, 7) is 1.75. The van der Waals surface area contributed by atoms with E-state index in [2.05, 4.69) is 21.2 Å². The normalized spacial score (nSPS) is 26.2. The largest absolute Gasteiger partial charge is 0.334 e. The molecule has 0 aromatic heterocycles. The molecule has 2 aliphatic heterocycles. The van der Waals surface area contributed by atoms with Crippen LogP contribution in [0.3, 0.4) is 0 Å². The number of benzene rings is 1. The second-order valence-electron chi connectivity index (χ2n) is 5.54. The quantitative estimate of drug-likeness (QED) is 0.897. The van der Waals surface area contributed by atoms with Crippen molar-refractivity contribution < 1.29 is 9.18 Å². The lowest BCUT2D eigenvalue weighted by Gasteiger charge is -2.29. The Morgan fingerprint density at radius 1 is 1.35 bits per heavy atom. The predicted molar refractivity (Wildman–Crippen MR) is 79.2 cm³/mol. The number of likely N-dealkylation sites (tertiary alicyclic amines) is 1. The molecule has 1 N–H and O–H groups in total. The van der Waals surface area contributed by atoms with Crippen LogP contribution in [-0.2, 0) is 0 Å². The topological polar surface area (TPSA) is 32.3 Å². The summed E-state index contributed by atoms with van der Waals surface area (Å²) in [5.41, 5.74) is 0.171. The highest BCUT2D eigenvalue weighted by atomic mass is 79.9. The van der Waals surface area contributed by atoms with Crippen LogP contribution in [0, 0.1) is 5.82 Å². The van der Waals surface area contributed by atoms with E-state index in [1.807, 2.05) is 4.90 Å². The number of carbonyl (C=O) groups is 1. The Balaban J connectivity index is 1.83. The fourth-order valence-electron chi connectivity index (χ4n) is 3.32. The van der Waals surface area contributed by atoms with Gasteiger partial charge in [0, 0.05) is 23.1 Å². The van der Waals surface area contributed by atoms with Crippen molar-refractivity contribution in [3.05, 3.63) is 34.1 Å². The van der Waals surface area contributed by atoms with Crippen molar-refractivity contribution in [3.63, 3.8) is 0 Å². The Labute approximate surface area is 126 Å². The SMILES string of the molecule is O=C(c1cc(Br)ccc1F)N1CCCC1C1CCCN1. The maximum Gasteiger partial charge on any atom is 0.257 e. The van der Waals surface area contributed by atoms with Gasteiger partial charge in [-0.2, -0.15) is 0 Å². The number of amides is 1. The standard InChI is InChI=1S/C15H18BrFN2O/c16-10-5-6-12(17)11(9-10)15(20)19-8-2-4-14(19)13-3-1-7-18-13/h5-6,9,13-14,18H,1-4,7-8H2. The molecule has 0 spiro atoms. The fourth-order valence-corrected chi connectivity index (χ4v) is 3.68. The molecule has 5 heteroatoms. The first-order valence-corrected chi connectivity index (χ1v) is 7.95. The zero-order valence-electron chi connectivity index (χ0n) is 11.2. The Kier molecular flexibility index (Phi) is 4.08. The summed E-state index contributed by atoms with van der Waals surface area (Å²) < 4.78 is 14.6. The summed E-state index contributed by atoms with van der Waals surface area (Å²) in [6.07, 6.45) is 4.28. The van der Waals surface area contributed by atoms with Crippen LogP contribution in [0.4, 0.5) is 4.39 Å². The monoisotopic (exact) mass is 340 g/mol. The molecule has 1 amide bonds. The minimum atomic E-state index is -0.441. The summed E-state index contributed by atoms with van der Waals surface area (Å²) in [5, 5.41) is 3.46. The van der Waals surface area contributed by atoms with Crippen molar-refractivity contribution >= 4 is 21.8 Å². The second-order valence-corrected chi connectivity index (χ2v) is 6.45. The molecule has 1 aromatic rings. The van der Waals surface area contributed by atoms with E-state index in [1.54, 1.807) is 12.1 Å². The van der Waals surface area contributed by atoms with Gasteiger partial charge in [-0.25, -0.2) is 4.39 Å². The maximum atomic E-state index is 13.9. The fraction of sp³-hybridized carbons (Fsp3) is 0.533. The van der Waals surface area contributed by atoms with Gasteiger partial charge in [0.05, 0.1) is 5.56 Å². The van der Waals surface area contributed by atoms with Gasteiger partial charge in [-0.3, -0.25) is 4.79 Å². The van der Waals surface area contributed by atoms with Gasteiger partial charge in [-0.1, -0.05) is 15.9 Å². The highest BCUT2D eigenvalue weighted by Gasteiger charge is 2.36. The minimum absolute atomic E-state index is 0.171. The molecule has 3 nitrogen and oxygen atoms in total. The molecule has 1 aromatic carbocycles. The van der Waals surface area contributed by atoms with E-state index in [4.69, 9.17) is 0 Å². The summed E-state index contributed by atoms with van der Waals surface area (Å²) >= 11 is 3.30. The second kappa shape index (κ2) is 5.82. The molecule has 0 aliphatic carbocycles. The lowest BCUT2D eigenvalue weighted by Crippen LogP contribution is -2.46. The zero-order chi connectivity index (χ0) is 14.1. The third kappa shape index (κ3) is 2.61. The Morgan fingerprint density at radius 2 is 2.20 bits per heavy atom. The number of nitrogens with zero attached hydrogens (tertiary/aromatic N) is 1. The highest BCUT2D eigenvalue weighted by Crippen LogP contribution is 2.27. The Morgan fingerprint density at radius 3 is 2.95 bits per heavy atom. The predicted octanol–water partition coefficient (Wildman–Crippen LogP) is 2.94. The highest BCUT2D eigenvalue weighted by molar-refractivity contribution is 9.10. The molecule has 0 saturated carbocycles. The number of hydrogen-bond donors (Lipinski definition) is 1. The number of nitrogens with one attached hydrogen (secondary N) is 1. The van der Waals surface area contributed by atoms with Gasteiger partial charge in [0.25, 0.3) is 5.91 Å². The molecular weight excluding hydrogens is 323 g/mol. The van der Waals surface area contributed by atoms with Crippen molar-refractivity contribution in [1.82, 2.24) is 10.2 Å². The van der Waals surface area contributed by atoms with E-state index in [-0.39, 0.29) is 17.5 Å². The maximum absolute atomic E-state index is 13.9. The van der Waals surface area contributed by atoms with Gasteiger partial charge in [-0.05, 0) is 50.4 Å². The van der Waals surface area contributed by atoms with Crippen LogP contribution in [0.5, 0.6) is 0 Å². The van der Waals surface area contributed by atoms with E-state index in [0.29, 0.717) is 6.04 Å². The molecule has 2 heterocycles. The first kappa shape index (κ1) is 14.0. The third-order valence-electron chi connectivity index (χ3n) is 4.28. The number of carbonyl (C=O) groups excluding carboxylic acids is 1. The van der Waals surface area contributed by atoms with E-state index in [9.17, 15) is 9.18 Å². The molecular formula is C15H18BrFN2O. The van der Waals surface area contributed by atoms with Gasteiger partial charge in [-0.15, -0.1) is 0 Å². The Hall–Kier alpha value is -0.940. The van der Waals surface area contributed by atoms with Crippen LogP contribution >= 0.6 is 15.9 Å². The molecule has 2 atom stereocenters. The summed E-state index contributed by atoms with van der Waals surface area (Å²) in [4.78, 5) is 14.5. The van der Waals surface area contributed by atoms with Gasteiger partial charge in [0.2, 0.25) is 0 Å². The molecule has 2 fully saturated rings. The van der Waals surface area contributed by atoms with Crippen LogP contribution in [0.25, 0.3) is 0 Å². The van der Waals surface area contributed by atoms with Crippen LogP contribution in [0.15, 0.2) is 22.7 Å². The van der Waals surface area contributed by atoms with Crippen LogP contribution in [-0.4, -0.2) is 36.0 Å². The van der Waals surface area contributed by atoms with Crippen LogP contribution < -0.4 is 5.32 Å². The number of halogens is 2. The average Bonchev–Trinajstić information content (AvgIpc) is 3.10. The van der Waals surface area contributed by atoms with Gasteiger partial charge in [0.15, 0.2) is 0 Å². The first-order chi connectivity index (χ1) is 9.66. The lowest BCUT2D eigenvalue weighted by molar-refractivity contribution is 0.0706. The van der Waals surface area contributed by atoms with Gasteiger partial charge in [0.1, 0.15) is 5.82 Å². The molecule has 0 radical (unpaired) electrons. The zero-order valence-corrected chi connectivity index (χ0v) is 12.8. The summed E-state index contributed by atoms with van der Waals surface area (Å²) in [5.74, 6) is -0.622. The number of hydrogen-bond acceptors (Lipinski definition) is 2. The van der Waals surface area contributed by atoms with Crippen molar-refractivity contribution in [2.45, 2.75) is 37.8 Å². The van der Waals surface area contributed by atoms with Gasteiger partial charge < -0.3 is 10.2 Å². The van der Waals surface area contributed by atoms with Crippen LogP contribution in [0.1, 0.15) is 36.0 Å². The first-order valence-electron chi connectivity index (χ1n) is 7.16. The van der Waals surface area contributed by atoms with E-state index >= 15 is 0 Å². The van der Waals surface area contributed by atoms with E-state index < -0.39 is 5.82 Å². The summed E-state index contributed by atoms with van der Waals surface area (Å²) in [6, 6.07) is 5.12.